The Kier molecular flexibility index (Phi) is 8.59. The summed E-state index contributed by atoms with van der Waals surface area (Å²) in [6.07, 6.45) is -9.28. The number of carbonyl (C=O) groups excluding carboxylic acids is 1. The standard InChI is InChI=1S/C27H22F6N6O2/c1-16-4-2-5-18(12-16)22(40)35-20-10-8-17(9-11-20)14-34-23-37-24(39-25(38-23)41-15-26(28,29)30)36-21-7-3-6-19(13-21)27(31,32)33/h2-13H,14-15H2,1H3,(H,35,40)(H2,34,36,37,38,39). The molecule has 8 nitrogen and oxygen atoms in total. The minimum Gasteiger partial charge on any atom is -0.454 e. The Morgan fingerprint density at radius 3 is 2.22 bits per heavy atom. The van der Waals surface area contributed by atoms with E-state index in [4.69, 9.17) is 0 Å². The van der Waals surface area contributed by atoms with Gasteiger partial charge in [-0.1, -0.05) is 35.9 Å². The topological polar surface area (TPSA) is 101 Å². The van der Waals surface area contributed by atoms with Gasteiger partial charge < -0.3 is 20.7 Å². The Morgan fingerprint density at radius 2 is 1.54 bits per heavy atom. The van der Waals surface area contributed by atoms with E-state index in [9.17, 15) is 31.1 Å². The zero-order chi connectivity index (χ0) is 29.6. The molecule has 0 fully saturated rings. The summed E-state index contributed by atoms with van der Waals surface area (Å²) in [5.74, 6) is -0.811. The number of hydrogen-bond acceptors (Lipinski definition) is 7. The van der Waals surface area contributed by atoms with Crippen LogP contribution in [0.4, 0.5) is 49.6 Å². The molecule has 0 radical (unpaired) electrons. The first kappa shape index (κ1) is 29.1. The van der Waals surface area contributed by atoms with Crippen molar-refractivity contribution in [1.29, 1.82) is 0 Å². The summed E-state index contributed by atoms with van der Waals surface area (Å²) in [6, 6.07) is 17.3. The maximum absolute atomic E-state index is 13.1. The monoisotopic (exact) mass is 576 g/mol. The highest BCUT2D eigenvalue weighted by Gasteiger charge is 2.31. The van der Waals surface area contributed by atoms with Crippen LogP contribution in [-0.2, 0) is 12.7 Å². The lowest BCUT2D eigenvalue weighted by Crippen LogP contribution is -2.21. The third-order valence-electron chi connectivity index (χ3n) is 5.37. The Balaban J connectivity index is 1.46. The Labute approximate surface area is 229 Å². The van der Waals surface area contributed by atoms with Crippen molar-refractivity contribution in [3.8, 4) is 6.01 Å². The van der Waals surface area contributed by atoms with Gasteiger partial charge in [-0.25, -0.2) is 0 Å². The molecule has 214 valence electrons. The quantitative estimate of drug-likeness (QED) is 0.190. The fourth-order valence-corrected chi connectivity index (χ4v) is 3.48. The molecule has 0 spiro atoms. The van der Waals surface area contributed by atoms with E-state index in [2.05, 4.69) is 35.6 Å². The zero-order valence-corrected chi connectivity index (χ0v) is 21.3. The molecule has 0 atom stereocenters. The van der Waals surface area contributed by atoms with Gasteiger partial charge in [0.1, 0.15) is 0 Å². The fourth-order valence-electron chi connectivity index (χ4n) is 3.48. The van der Waals surface area contributed by atoms with Crippen molar-refractivity contribution in [2.45, 2.75) is 25.8 Å². The maximum atomic E-state index is 13.1. The maximum Gasteiger partial charge on any atom is 0.422 e. The van der Waals surface area contributed by atoms with Crippen molar-refractivity contribution >= 4 is 29.2 Å². The predicted octanol–water partition coefficient (Wildman–Crippen LogP) is 6.75. The van der Waals surface area contributed by atoms with Crippen molar-refractivity contribution < 1.29 is 35.9 Å². The Bertz CT molecular complexity index is 1510. The lowest BCUT2D eigenvalue weighted by atomic mass is 10.1. The van der Waals surface area contributed by atoms with Crippen LogP contribution in [0.5, 0.6) is 6.01 Å². The number of nitrogens with zero attached hydrogens (tertiary/aromatic N) is 3. The van der Waals surface area contributed by atoms with Crippen molar-refractivity contribution in [2.75, 3.05) is 22.6 Å². The molecule has 0 aliphatic rings. The average molecular weight is 577 g/mol. The number of benzene rings is 3. The molecule has 1 heterocycles. The average Bonchev–Trinajstić information content (AvgIpc) is 2.91. The molecular formula is C27H22F6N6O2. The van der Waals surface area contributed by atoms with Crippen molar-refractivity contribution in [1.82, 2.24) is 15.0 Å². The van der Waals surface area contributed by atoms with Gasteiger partial charge in [0.2, 0.25) is 11.9 Å². The van der Waals surface area contributed by atoms with E-state index in [0.29, 0.717) is 16.8 Å². The van der Waals surface area contributed by atoms with Gasteiger partial charge in [0, 0.05) is 23.5 Å². The summed E-state index contributed by atoms with van der Waals surface area (Å²) in [5, 5.41) is 8.14. The van der Waals surface area contributed by atoms with Gasteiger partial charge in [-0.05, 0) is 55.0 Å². The van der Waals surface area contributed by atoms with Crippen LogP contribution in [-0.4, -0.2) is 33.6 Å². The molecular weight excluding hydrogens is 554 g/mol. The smallest absolute Gasteiger partial charge is 0.422 e. The number of hydrogen-bond donors (Lipinski definition) is 3. The summed E-state index contributed by atoms with van der Waals surface area (Å²) in [6.45, 7) is 0.299. The van der Waals surface area contributed by atoms with Crippen LogP contribution < -0.4 is 20.7 Å². The van der Waals surface area contributed by atoms with E-state index in [-0.39, 0.29) is 30.0 Å². The van der Waals surface area contributed by atoms with Crippen LogP contribution in [0.25, 0.3) is 0 Å². The molecule has 14 heteroatoms. The molecule has 0 aliphatic heterocycles. The van der Waals surface area contributed by atoms with Crippen LogP contribution in [0, 0.1) is 6.92 Å². The second kappa shape index (κ2) is 12.1. The molecule has 0 saturated heterocycles. The number of nitrogens with one attached hydrogen (secondary N) is 3. The van der Waals surface area contributed by atoms with E-state index >= 15 is 0 Å². The third kappa shape index (κ3) is 8.81. The van der Waals surface area contributed by atoms with E-state index < -0.39 is 30.5 Å². The first-order valence-electron chi connectivity index (χ1n) is 11.9. The lowest BCUT2D eigenvalue weighted by Gasteiger charge is -2.13. The summed E-state index contributed by atoms with van der Waals surface area (Å²) in [7, 11) is 0. The van der Waals surface area contributed by atoms with Gasteiger partial charge in [-0.3, -0.25) is 4.79 Å². The lowest BCUT2D eigenvalue weighted by molar-refractivity contribution is -0.154. The summed E-state index contributed by atoms with van der Waals surface area (Å²) >= 11 is 0. The Hall–Kier alpha value is -4.88. The first-order chi connectivity index (χ1) is 19.3. The van der Waals surface area contributed by atoms with Gasteiger partial charge in [0.05, 0.1) is 5.56 Å². The van der Waals surface area contributed by atoms with E-state index in [1.165, 1.54) is 6.07 Å². The van der Waals surface area contributed by atoms with Crippen molar-refractivity contribution in [3.63, 3.8) is 0 Å². The fraction of sp³-hybridized carbons (Fsp3) is 0.185. The Morgan fingerprint density at radius 1 is 0.829 bits per heavy atom. The second-order valence-electron chi connectivity index (χ2n) is 8.75. The predicted molar refractivity (Wildman–Crippen MR) is 139 cm³/mol. The van der Waals surface area contributed by atoms with E-state index in [1.807, 2.05) is 13.0 Å². The van der Waals surface area contributed by atoms with E-state index in [1.54, 1.807) is 42.5 Å². The number of anilines is 4. The number of aromatic nitrogens is 3. The van der Waals surface area contributed by atoms with Gasteiger partial charge in [-0.15, -0.1) is 0 Å². The number of alkyl halides is 6. The molecule has 0 aliphatic carbocycles. The summed E-state index contributed by atoms with van der Waals surface area (Å²) < 4.78 is 81.9. The summed E-state index contributed by atoms with van der Waals surface area (Å²) in [4.78, 5) is 24.0. The molecule has 1 amide bonds. The van der Waals surface area contributed by atoms with Crippen LogP contribution in [0.15, 0.2) is 72.8 Å². The minimum absolute atomic E-state index is 0.0537. The molecule has 41 heavy (non-hydrogen) atoms. The molecule has 0 unspecified atom stereocenters. The molecule has 4 rings (SSSR count). The number of carbonyl (C=O) groups is 1. The molecule has 3 N–H and O–H groups in total. The number of ether oxygens (including phenoxy) is 1. The van der Waals surface area contributed by atoms with Crippen LogP contribution >= 0.6 is 0 Å². The van der Waals surface area contributed by atoms with Gasteiger partial charge in [0.15, 0.2) is 6.61 Å². The molecule has 0 bridgehead atoms. The third-order valence-corrected chi connectivity index (χ3v) is 5.37. The first-order valence-corrected chi connectivity index (χ1v) is 11.9. The second-order valence-corrected chi connectivity index (χ2v) is 8.75. The van der Waals surface area contributed by atoms with Gasteiger partial charge in [0.25, 0.3) is 5.91 Å². The SMILES string of the molecule is Cc1cccc(C(=O)Nc2ccc(CNc3nc(Nc4cccc(C(F)(F)F)c4)nc(OCC(F)(F)F)n3)cc2)c1. The normalized spacial score (nSPS) is 11.6. The van der Waals surface area contributed by atoms with Crippen LogP contribution in [0.2, 0.25) is 0 Å². The summed E-state index contributed by atoms with van der Waals surface area (Å²) in [5.41, 5.74) is 1.69. The highest BCUT2D eigenvalue weighted by molar-refractivity contribution is 6.04. The minimum atomic E-state index is -4.68. The van der Waals surface area contributed by atoms with Crippen molar-refractivity contribution in [3.05, 3.63) is 95.1 Å². The molecule has 4 aromatic rings. The van der Waals surface area contributed by atoms with Crippen LogP contribution in [0.1, 0.15) is 27.0 Å². The van der Waals surface area contributed by atoms with Gasteiger partial charge in [-0.2, -0.15) is 41.3 Å². The number of rotatable bonds is 9. The molecule has 3 aromatic carbocycles. The van der Waals surface area contributed by atoms with Crippen molar-refractivity contribution in [2.24, 2.45) is 0 Å². The number of amides is 1. The van der Waals surface area contributed by atoms with Crippen LogP contribution in [0.3, 0.4) is 0 Å². The number of aryl methyl sites for hydroxylation is 1. The highest BCUT2D eigenvalue weighted by Crippen LogP contribution is 2.31. The number of halogens is 6. The van der Waals surface area contributed by atoms with E-state index in [0.717, 1.165) is 23.8 Å². The largest absolute Gasteiger partial charge is 0.454 e. The zero-order valence-electron chi connectivity index (χ0n) is 21.3. The van der Waals surface area contributed by atoms with Gasteiger partial charge >= 0.3 is 18.4 Å². The molecule has 0 saturated carbocycles. The molecule has 1 aromatic heterocycles. The highest BCUT2D eigenvalue weighted by atomic mass is 19.4.